The fraction of sp³-hybridized carbons (Fsp3) is 0.571. The number of ether oxygens (including phenoxy) is 1. The van der Waals surface area contributed by atoms with E-state index in [1.807, 2.05) is 7.05 Å². The van der Waals surface area contributed by atoms with Crippen molar-refractivity contribution in [2.75, 3.05) is 31.2 Å². The molecule has 1 atom stereocenters. The van der Waals surface area contributed by atoms with E-state index in [2.05, 4.69) is 28.8 Å². The predicted octanol–water partition coefficient (Wildman–Crippen LogP) is 3.15. The predicted molar refractivity (Wildman–Crippen MR) is 78.3 cm³/mol. The highest BCUT2D eigenvalue weighted by molar-refractivity contribution is 5.68. The highest BCUT2D eigenvalue weighted by Crippen LogP contribution is 2.29. The van der Waals surface area contributed by atoms with E-state index in [1.54, 1.807) is 0 Å². The second-order valence-corrected chi connectivity index (χ2v) is 4.91. The molecule has 3 N–H and O–H groups in total. The third-order valence-electron chi connectivity index (χ3n) is 3.44. The number of anilines is 2. The van der Waals surface area contributed by atoms with E-state index in [9.17, 15) is 13.2 Å². The maximum absolute atomic E-state index is 13.4. The number of nitrogens with zero attached hydrogens (tertiary/aromatic N) is 1. The lowest BCUT2D eigenvalue weighted by Gasteiger charge is -2.24. The minimum atomic E-state index is -3.08. The lowest BCUT2D eigenvalue weighted by molar-refractivity contribution is -0.0521. The molecule has 0 bridgehead atoms. The number of nitrogen functional groups attached to an aromatic ring is 1. The molecule has 0 spiro atoms. The highest BCUT2D eigenvalue weighted by atomic mass is 19.3. The van der Waals surface area contributed by atoms with Gasteiger partial charge in [-0.05, 0) is 20.4 Å². The molecule has 0 heterocycles. The van der Waals surface area contributed by atoms with Crippen LogP contribution in [0.25, 0.3) is 0 Å². The fourth-order valence-corrected chi connectivity index (χ4v) is 1.81. The van der Waals surface area contributed by atoms with Crippen molar-refractivity contribution in [2.45, 2.75) is 32.9 Å². The van der Waals surface area contributed by atoms with Gasteiger partial charge in [0, 0.05) is 31.3 Å². The topological polar surface area (TPSA) is 50.5 Å². The van der Waals surface area contributed by atoms with Crippen molar-refractivity contribution in [1.82, 2.24) is 4.90 Å². The molecule has 21 heavy (non-hydrogen) atoms. The summed E-state index contributed by atoms with van der Waals surface area (Å²) in [4.78, 5) is 2.16. The summed E-state index contributed by atoms with van der Waals surface area (Å²) in [6, 6.07) is 2.56. The van der Waals surface area contributed by atoms with Crippen molar-refractivity contribution in [3.8, 4) is 5.75 Å². The van der Waals surface area contributed by atoms with Gasteiger partial charge >= 0.3 is 6.61 Å². The van der Waals surface area contributed by atoms with Crippen LogP contribution in [0.2, 0.25) is 0 Å². The number of hydrogen-bond donors (Lipinski definition) is 2. The summed E-state index contributed by atoms with van der Waals surface area (Å²) < 4.78 is 41.9. The summed E-state index contributed by atoms with van der Waals surface area (Å²) in [5.74, 6) is -1.42. The van der Waals surface area contributed by atoms with E-state index in [-0.39, 0.29) is 5.69 Å². The Balaban J connectivity index is 2.66. The molecular formula is C14H22F3N3O. The summed E-state index contributed by atoms with van der Waals surface area (Å²) in [7, 11) is 2.00. The number of likely N-dealkylation sites (N-methyl/N-ethyl adjacent to an activating group) is 1. The van der Waals surface area contributed by atoms with Crippen LogP contribution < -0.4 is 15.8 Å². The average Bonchev–Trinajstić information content (AvgIpc) is 2.42. The number of rotatable bonds is 8. The lowest BCUT2D eigenvalue weighted by Crippen LogP contribution is -2.32. The van der Waals surface area contributed by atoms with Gasteiger partial charge in [0.05, 0.1) is 11.4 Å². The molecular weight excluding hydrogens is 283 g/mol. The molecule has 0 aliphatic heterocycles. The van der Waals surface area contributed by atoms with Gasteiger partial charge in [-0.25, -0.2) is 4.39 Å². The zero-order valence-electron chi connectivity index (χ0n) is 12.5. The minimum absolute atomic E-state index is 0.153. The smallest absolute Gasteiger partial charge is 0.387 e. The van der Waals surface area contributed by atoms with Gasteiger partial charge in [-0.3, -0.25) is 0 Å². The summed E-state index contributed by atoms with van der Waals surface area (Å²) >= 11 is 0. The molecule has 1 unspecified atom stereocenters. The Hall–Kier alpha value is -1.63. The second kappa shape index (κ2) is 7.97. The third kappa shape index (κ3) is 5.34. The zero-order chi connectivity index (χ0) is 16.0. The van der Waals surface area contributed by atoms with E-state index >= 15 is 0 Å². The van der Waals surface area contributed by atoms with Crippen molar-refractivity contribution in [1.29, 1.82) is 0 Å². The fourth-order valence-electron chi connectivity index (χ4n) is 1.81. The van der Waals surface area contributed by atoms with Gasteiger partial charge < -0.3 is 20.7 Å². The van der Waals surface area contributed by atoms with Gasteiger partial charge in [-0.2, -0.15) is 8.78 Å². The normalized spacial score (nSPS) is 12.8. The van der Waals surface area contributed by atoms with Crippen LogP contribution in [-0.2, 0) is 0 Å². The van der Waals surface area contributed by atoms with E-state index in [0.717, 1.165) is 25.1 Å². The molecule has 0 radical (unpaired) electrons. The lowest BCUT2D eigenvalue weighted by atomic mass is 10.2. The molecule has 7 heteroatoms. The Morgan fingerprint density at radius 2 is 2.05 bits per heavy atom. The van der Waals surface area contributed by atoms with Crippen LogP contribution in [0.15, 0.2) is 12.1 Å². The van der Waals surface area contributed by atoms with Crippen molar-refractivity contribution in [2.24, 2.45) is 0 Å². The quantitative estimate of drug-likeness (QED) is 0.724. The molecule has 120 valence electrons. The standard InChI is InChI=1S/C14H22F3N3O/c1-4-9(2)20(3)6-5-19-12-8-13(21-14(16)17)10(15)7-11(12)18/h7-9,14,19H,4-6,18H2,1-3H3. The molecule has 1 rings (SSSR count). The molecule has 0 aliphatic carbocycles. The van der Waals surface area contributed by atoms with Crippen molar-refractivity contribution >= 4 is 11.4 Å². The number of halogens is 3. The van der Waals surface area contributed by atoms with Crippen LogP contribution in [0, 0.1) is 5.82 Å². The first-order valence-corrected chi connectivity index (χ1v) is 6.83. The first-order chi connectivity index (χ1) is 9.85. The average molecular weight is 305 g/mol. The summed E-state index contributed by atoms with van der Waals surface area (Å²) in [6.45, 7) is 2.44. The Bertz CT molecular complexity index is 457. The van der Waals surface area contributed by atoms with Crippen LogP contribution in [0.5, 0.6) is 5.75 Å². The summed E-state index contributed by atoms with van der Waals surface area (Å²) in [5.41, 5.74) is 6.20. The Labute approximate surface area is 123 Å². The number of hydrogen-bond acceptors (Lipinski definition) is 4. The van der Waals surface area contributed by atoms with E-state index in [4.69, 9.17) is 5.73 Å². The van der Waals surface area contributed by atoms with Crippen LogP contribution in [0.3, 0.4) is 0 Å². The Morgan fingerprint density at radius 1 is 1.38 bits per heavy atom. The van der Waals surface area contributed by atoms with Gasteiger partial charge in [0.1, 0.15) is 0 Å². The highest BCUT2D eigenvalue weighted by Gasteiger charge is 2.13. The molecule has 1 aromatic carbocycles. The first-order valence-electron chi connectivity index (χ1n) is 6.83. The van der Waals surface area contributed by atoms with Crippen molar-refractivity contribution < 1.29 is 17.9 Å². The molecule has 0 aliphatic rings. The molecule has 4 nitrogen and oxygen atoms in total. The Morgan fingerprint density at radius 3 is 2.62 bits per heavy atom. The van der Waals surface area contributed by atoms with Crippen molar-refractivity contribution in [3.63, 3.8) is 0 Å². The monoisotopic (exact) mass is 305 g/mol. The number of nitrogens with two attached hydrogens (primary N) is 1. The van der Waals surface area contributed by atoms with Crippen LogP contribution >= 0.6 is 0 Å². The minimum Gasteiger partial charge on any atom is -0.432 e. The van der Waals surface area contributed by atoms with Crippen LogP contribution in [0.4, 0.5) is 24.5 Å². The molecule has 0 saturated carbocycles. The van der Waals surface area contributed by atoms with Crippen LogP contribution in [-0.4, -0.2) is 37.7 Å². The summed E-state index contributed by atoms with van der Waals surface area (Å²) in [5, 5.41) is 3.01. The number of benzene rings is 1. The third-order valence-corrected chi connectivity index (χ3v) is 3.44. The maximum Gasteiger partial charge on any atom is 0.387 e. The Kier molecular flexibility index (Phi) is 6.61. The number of alkyl halides is 2. The van der Waals surface area contributed by atoms with Gasteiger partial charge in [-0.15, -0.1) is 0 Å². The van der Waals surface area contributed by atoms with Gasteiger partial charge in [0.15, 0.2) is 11.6 Å². The molecule has 0 fully saturated rings. The molecule has 0 aromatic heterocycles. The zero-order valence-corrected chi connectivity index (χ0v) is 12.5. The van der Waals surface area contributed by atoms with Gasteiger partial charge in [0.2, 0.25) is 0 Å². The second-order valence-electron chi connectivity index (χ2n) is 4.91. The van der Waals surface area contributed by atoms with E-state index in [1.165, 1.54) is 0 Å². The SMILES string of the molecule is CCC(C)N(C)CCNc1cc(OC(F)F)c(F)cc1N. The summed E-state index contributed by atoms with van der Waals surface area (Å²) in [6.07, 6.45) is 1.03. The molecule has 0 saturated heterocycles. The molecule has 1 aromatic rings. The van der Waals surface area contributed by atoms with Crippen molar-refractivity contribution in [3.05, 3.63) is 17.9 Å². The van der Waals surface area contributed by atoms with E-state index < -0.39 is 18.2 Å². The largest absolute Gasteiger partial charge is 0.432 e. The maximum atomic E-state index is 13.4. The van der Waals surface area contributed by atoms with Gasteiger partial charge in [0.25, 0.3) is 0 Å². The number of nitrogens with one attached hydrogen (secondary N) is 1. The van der Waals surface area contributed by atoms with Crippen LogP contribution in [0.1, 0.15) is 20.3 Å². The first kappa shape index (κ1) is 17.4. The van der Waals surface area contributed by atoms with Gasteiger partial charge in [-0.1, -0.05) is 6.92 Å². The van der Waals surface area contributed by atoms with E-state index in [0.29, 0.717) is 18.3 Å². The molecule has 0 amide bonds.